The first-order valence-electron chi connectivity index (χ1n) is 7.00. The zero-order chi connectivity index (χ0) is 14.8. The van der Waals surface area contributed by atoms with Crippen LogP contribution in [0.4, 0.5) is 0 Å². The lowest BCUT2D eigenvalue weighted by molar-refractivity contribution is -0.151. The van der Waals surface area contributed by atoms with E-state index in [1.807, 2.05) is 12.1 Å². The predicted molar refractivity (Wildman–Crippen MR) is 76.8 cm³/mol. The van der Waals surface area contributed by atoms with E-state index in [1.54, 1.807) is 12.1 Å². The third kappa shape index (κ3) is 5.87. The van der Waals surface area contributed by atoms with Gasteiger partial charge in [-0.2, -0.15) is 0 Å². The largest absolute Gasteiger partial charge is 0.494 e. The first kappa shape index (κ1) is 16.2. The van der Waals surface area contributed by atoms with Crippen molar-refractivity contribution in [1.82, 2.24) is 0 Å². The van der Waals surface area contributed by atoms with Gasteiger partial charge in [-0.05, 0) is 24.1 Å². The van der Waals surface area contributed by atoms with Crippen LogP contribution in [0.2, 0.25) is 0 Å². The lowest BCUT2D eigenvalue weighted by Gasteiger charge is -2.07. The van der Waals surface area contributed by atoms with Crippen LogP contribution in [-0.2, 0) is 20.7 Å². The molecule has 110 valence electrons. The molecule has 0 fully saturated rings. The van der Waals surface area contributed by atoms with Crippen molar-refractivity contribution in [2.24, 2.45) is 0 Å². The number of Topliss-reactive ketones (excluding diaryl/α,β-unsaturated/α-hetero) is 1. The lowest BCUT2D eigenvalue weighted by Crippen LogP contribution is -2.17. The minimum absolute atomic E-state index is 0.0414. The van der Waals surface area contributed by atoms with Crippen LogP contribution in [0.3, 0.4) is 0 Å². The number of hydrogen-bond acceptors (Lipinski definition) is 4. The summed E-state index contributed by atoms with van der Waals surface area (Å²) in [4.78, 5) is 22.5. The van der Waals surface area contributed by atoms with Gasteiger partial charge in [0.25, 0.3) is 0 Å². The van der Waals surface area contributed by atoms with E-state index in [0.29, 0.717) is 6.61 Å². The van der Waals surface area contributed by atoms with Gasteiger partial charge >= 0.3 is 5.97 Å². The second-order valence-electron chi connectivity index (χ2n) is 4.65. The molecular weight excluding hydrogens is 256 g/mol. The van der Waals surface area contributed by atoms with Crippen molar-refractivity contribution in [2.75, 3.05) is 13.7 Å². The Labute approximate surface area is 120 Å². The van der Waals surface area contributed by atoms with Crippen molar-refractivity contribution in [1.29, 1.82) is 0 Å². The van der Waals surface area contributed by atoms with Crippen LogP contribution >= 0.6 is 0 Å². The molecule has 0 bridgehead atoms. The number of methoxy groups -OCH3 is 1. The molecule has 1 rings (SSSR count). The summed E-state index contributed by atoms with van der Waals surface area (Å²) in [5.74, 6) is -0.625. The van der Waals surface area contributed by atoms with E-state index in [1.165, 1.54) is 20.0 Å². The number of rotatable bonds is 9. The quantitative estimate of drug-likeness (QED) is 0.396. The van der Waals surface area contributed by atoms with E-state index < -0.39 is 11.8 Å². The van der Waals surface area contributed by atoms with Crippen LogP contribution in [-0.4, -0.2) is 25.5 Å². The van der Waals surface area contributed by atoms with Crippen LogP contribution < -0.4 is 4.74 Å². The highest BCUT2D eigenvalue weighted by atomic mass is 16.5. The molecule has 0 amide bonds. The van der Waals surface area contributed by atoms with Crippen molar-refractivity contribution < 1.29 is 19.1 Å². The number of hydrogen-bond donors (Lipinski definition) is 0. The topological polar surface area (TPSA) is 52.6 Å². The molecule has 4 nitrogen and oxygen atoms in total. The van der Waals surface area contributed by atoms with Gasteiger partial charge in [-0.3, -0.25) is 4.79 Å². The first-order chi connectivity index (χ1) is 9.67. The Balaban J connectivity index is 2.45. The van der Waals surface area contributed by atoms with Gasteiger partial charge in [0.1, 0.15) is 5.75 Å². The van der Waals surface area contributed by atoms with Crippen LogP contribution in [0, 0.1) is 0 Å². The summed E-state index contributed by atoms with van der Waals surface area (Å²) in [5, 5.41) is 0. The van der Waals surface area contributed by atoms with Gasteiger partial charge in [0.15, 0.2) is 0 Å². The van der Waals surface area contributed by atoms with Crippen molar-refractivity contribution >= 4 is 11.8 Å². The normalized spacial score (nSPS) is 10.1. The molecule has 0 unspecified atom stereocenters. The molecule has 0 radical (unpaired) electrons. The molecule has 0 atom stereocenters. The smallest absolute Gasteiger partial charge is 0.374 e. The van der Waals surface area contributed by atoms with E-state index in [-0.39, 0.29) is 6.42 Å². The van der Waals surface area contributed by atoms with Crippen LogP contribution in [0.1, 0.15) is 38.2 Å². The van der Waals surface area contributed by atoms with Crippen molar-refractivity contribution in [3.63, 3.8) is 0 Å². The fraction of sp³-hybridized carbons (Fsp3) is 0.500. The minimum atomic E-state index is -0.809. The highest BCUT2D eigenvalue weighted by Gasteiger charge is 2.14. The number of unbranched alkanes of at least 4 members (excludes halogenated alkanes) is 3. The first-order valence-corrected chi connectivity index (χ1v) is 7.00. The Morgan fingerprint density at radius 3 is 2.65 bits per heavy atom. The van der Waals surface area contributed by atoms with E-state index in [2.05, 4.69) is 11.7 Å². The van der Waals surface area contributed by atoms with Gasteiger partial charge in [0, 0.05) is 6.42 Å². The van der Waals surface area contributed by atoms with Gasteiger partial charge in [-0.25, -0.2) is 4.79 Å². The molecule has 0 saturated carbocycles. The molecule has 0 spiro atoms. The molecule has 1 aromatic carbocycles. The summed E-state index contributed by atoms with van der Waals surface area (Å²) in [6.07, 6.45) is 4.65. The molecular formula is C16H22O4. The molecule has 4 heteroatoms. The monoisotopic (exact) mass is 278 g/mol. The van der Waals surface area contributed by atoms with Crippen molar-refractivity contribution in [3.05, 3.63) is 29.8 Å². The maximum atomic E-state index is 11.5. The zero-order valence-electron chi connectivity index (χ0n) is 12.2. The van der Waals surface area contributed by atoms with Gasteiger partial charge < -0.3 is 9.47 Å². The maximum Gasteiger partial charge on any atom is 0.374 e. The molecule has 0 aromatic heterocycles. The summed E-state index contributed by atoms with van der Waals surface area (Å²) in [5.41, 5.74) is 0.756. The van der Waals surface area contributed by atoms with Gasteiger partial charge in [0.2, 0.25) is 5.78 Å². The number of ether oxygens (including phenoxy) is 2. The summed E-state index contributed by atoms with van der Waals surface area (Å²) < 4.78 is 10.0. The van der Waals surface area contributed by atoms with Gasteiger partial charge in [-0.15, -0.1) is 0 Å². The van der Waals surface area contributed by atoms with E-state index in [4.69, 9.17) is 4.74 Å². The number of esters is 1. The van der Waals surface area contributed by atoms with Crippen molar-refractivity contribution in [2.45, 2.75) is 39.0 Å². The third-order valence-electron chi connectivity index (χ3n) is 2.94. The Hall–Kier alpha value is -1.84. The molecule has 20 heavy (non-hydrogen) atoms. The molecule has 0 N–H and O–H groups in total. The Bertz CT molecular complexity index is 440. The number of carbonyl (C=O) groups excluding carboxylic acids is 2. The van der Waals surface area contributed by atoms with E-state index >= 15 is 0 Å². The SMILES string of the molecule is CCCCCCOc1cccc(CC(=O)C(=O)OC)c1. The number of carbonyl (C=O) groups is 2. The second kappa shape index (κ2) is 9.13. The average Bonchev–Trinajstić information content (AvgIpc) is 2.46. The average molecular weight is 278 g/mol. The molecule has 0 aliphatic heterocycles. The summed E-state index contributed by atoms with van der Waals surface area (Å²) in [6, 6.07) is 7.26. The highest BCUT2D eigenvalue weighted by molar-refractivity contribution is 6.34. The van der Waals surface area contributed by atoms with Gasteiger partial charge in [0.05, 0.1) is 13.7 Å². The van der Waals surface area contributed by atoms with Crippen LogP contribution in [0.5, 0.6) is 5.75 Å². The summed E-state index contributed by atoms with van der Waals surface area (Å²) >= 11 is 0. The maximum absolute atomic E-state index is 11.5. The van der Waals surface area contributed by atoms with Crippen LogP contribution in [0.15, 0.2) is 24.3 Å². The third-order valence-corrected chi connectivity index (χ3v) is 2.94. The standard InChI is InChI=1S/C16H22O4/c1-3-4-5-6-10-20-14-9-7-8-13(11-14)12-15(17)16(18)19-2/h7-9,11H,3-6,10,12H2,1-2H3. The summed E-state index contributed by atoms with van der Waals surface area (Å²) in [7, 11) is 1.20. The summed E-state index contributed by atoms with van der Waals surface area (Å²) in [6.45, 7) is 2.84. The lowest BCUT2D eigenvalue weighted by atomic mass is 10.1. The highest BCUT2D eigenvalue weighted by Crippen LogP contribution is 2.15. The number of ketones is 1. The van der Waals surface area contributed by atoms with E-state index in [0.717, 1.165) is 24.2 Å². The van der Waals surface area contributed by atoms with Crippen molar-refractivity contribution in [3.8, 4) is 5.75 Å². The van der Waals surface area contributed by atoms with Gasteiger partial charge in [-0.1, -0.05) is 38.3 Å². The molecule has 0 aliphatic carbocycles. The fourth-order valence-electron chi connectivity index (χ4n) is 1.84. The second-order valence-corrected chi connectivity index (χ2v) is 4.65. The van der Waals surface area contributed by atoms with E-state index in [9.17, 15) is 9.59 Å². The molecule has 1 aromatic rings. The fourth-order valence-corrected chi connectivity index (χ4v) is 1.84. The molecule has 0 heterocycles. The predicted octanol–water partition coefficient (Wildman–Crippen LogP) is 2.93. The Morgan fingerprint density at radius 2 is 1.95 bits per heavy atom. The van der Waals surface area contributed by atoms with Crippen LogP contribution in [0.25, 0.3) is 0 Å². The molecule has 0 aliphatic rings. The zero-order valence-corrected chi connectivity index (χ0v) is 12.2. The minimum Gasteiger partial charge on any atom is -0.494 e. The Kier molecular flexibility index (Phi) is 7.40. The Morgan fingerprint density at radius 1 is 1.15 bits per heavy atom. The molecule has 0 saturated heterocycles. The number of benzene rings is 1.